The van der Waals surface area contributed by atoms with Gasteiger partial charge in [-0.25, -0.2) is 14.8 Å². The predicted molar refractivity (Wildman–Crippen MR) is 127 cm³/mol. The number of nitrogens with zero attached hydrogens (tertiary/aromatic N) is 2. The first kappa shape index (κ1) is 22.6. The van der Waals surface area contributed by atoms with Gasteiger partial charge in [-0.15, -0.1) is 5.10 Å². The van der Waals surface area contributed by atoms with Crippen molar-refractivity contribution >= 4 is 23.7 Å². The number of aliphatic hydroxyl groups excluding tert-OH is 1. The van der Waals surface area contributed by atoms with Crippen molar-refractivity contribution in [1.82, 2.24) is 15.1 Å². The average molecular weight is 446 g/mol. The molecule has 0 spiro atoms. The molecule has 4 rings (SSSR count). The smallest absolute Gasteiger partial charge is 0.354 e. The summed E-state index contributed by atoms with van der Waals surface area (Å²) in [5.41, 5.74) is 5.89. The lowest BCUT2D eigenvalue weighted by Gasteiger charge is -2.23. The molecular weight excluding hydrogens is 416 g/mol. The Morgan fingerprint density at radius 2 is 1.76 bits per heavy atom. The molecule has 0 radical (unpaired) electrons. The van der Waals surface area contributed by atoms with Crippen molar-refractivity contribution in [1.29, 1.82) is 0 Å². The van der Waals surface area contributed by atoms with Crippen molar-refractivity contribution in [3.8, 4) is 16.9 Å². The molecular formula is C26H29N4O3+. The van der Waals surface area contributed by atoms with E-state index in [-0.39, 0.29) is 12.2 Å². The molecule has 2 amide bonds. The van der Waals surface area contributed by atoms with Crippen molar-refractivity contribution in [2.75, 3.05) is 6.61 Å². The lowest BCUT2D eigenvalue weighted by Crippen LogP contribution is -2.84. The fraction of sp³-hybridized carbons (Fsp3) is 0.269. The Morgan fingerprint density at radius 3 is 2.39 bits per heavy atom. The molecule has 0 bridgehead atoms. The van der Waals surface area contributed by atoms with E-state index in [1.54, 1.807) is 19.9 Å². The molecule has 0 aliphatic carbocycles. The maximum absolute atomic E-state index is 12.9. The third-order valence-electron chi connectivity index (χ3n) is 5.77. The molecule has 0 saturated heterocycles. The van der Waals surface area contributed by atoms with E-state index < -0.39 is 17.4 Å². The number of quaternary nitrogens is 1. The number of nitrogens with two attached hydrogens (primary N) is 1. The van der Waals surface area contributed by atoms with Gasteiger partial charge in [-0.2, -0.15) is 0 Å². The third kappa shape index (κ3) is 4.37. The van der Waals surface area contributed by atoms with Gasteiger partial charge < -0.3 is 10.4 Å². The molecule has 7 nitrogen and oxygen atoms in total. The van der Waals surface area contributed by atoms with Gasteiger partial charge in [0, 0.05) is 5.56 Å². The highest BCUT2D eigenvalue weighted by Gasteiger charge is 2.35. The average Bonchev–Trinajstić information content (AvgIpc) is 3.11. The highest BCUT2D eigenvalue weighted by Crippen LogP contribution is 2.34. The zero-order valence-corrected chi connectivity index (χ0v) is 19.6. The summed E-state index contributed by atoms with van der Waals surface area (Å²) >= 11 is 0. The molecule has 0 atom stereocenters. The summed E-state index contributed by atoms with van der Waals surface area (Å²) in [6.07, 6.45) is 1.61. The molecule has 0 unspecified atom stereocenters. The van der Waals surface area contributed by atoms with Gasteiger partial charge in [-0.3, -0.25) is 4.79 Å². The fourth-order valence-corrected chi connectivity index (χ4v) is 3.91. The summed E-state index contributed by atoms with van der Waals surface area (Å²) in [5.74, 6) is -0.405. The number of aromatic nitrogens is 2. The number of carbonyl (C=O) groups excluding carboxylic acids is 2. The number of fused-ring (bicyclic) bond motifs is 1. The van der Waals surface area contributed by atoms with Gasteiger partial charge in [0.15, 0.2) is 0 Å². The van der Waals surface area contributed by atoms with Gasteiger partial charge >= 0.3 is 5.91 Å². The number of nitrogens with one attached hydrogen (secondary N) is 1. The van der Waals surface area contributed by atoms with Crippen LogP contribution in [-0.2, 0) is 9.59 Å². The van der Waals surface area contributed by atoms with Gasteiger partial charge in [0.05, 0.1) is 29.1 Å². The van der Waals surface area contributed by atoms with E-state index in [0.29, 0.717) is 11.4 Å². The van der Waals surface area contributed by atoms with E-state index in [9.17, 15) is 14.7 Å². The molecule has 1 aliphatic heterocycles. The van der Waals surface area contributed by atoms with E-state index in [1.807, 2.05) is 61.9 Å². The molecule has 4 N–H and O–H groups in total. The maximum atomic E-state index is 12.9. The molecule has 3 aromatic rings. The Balaban J connectivity index is 1.92. The summed E-state index contributed by atoms with van der Waals surface area (Å²) in [6.45, 7) is 9.25. The first-order valence-electron chi connectivity index (χ1n) is 10.9. The maximum Gasteiger partial charge on any atom is 0.354 e. The number of benzene rings is 2. The Bertz CT molecular complexity index is 1280. The van der Waals surface area contributed by atoms with Crippen LogP contribution in [0.1, 0.15) is 36.1 Å². The van der Waals surface area contributed by atoms with Crippen molar-refractivity contribution in [2.24, 2.45) is 0 Å². The van der Waals surface area contributed by atoms with Crippen molar-refractivity contribution in [3.63, 3.8) is 0 Å². The monoisotopic (exact) mass is 445 g/mol. The highest BCUT2D eigenvalue weighted by molar-refractivity contribution is 6.20. The lowest BCUT2D eigenvalue weighted by molar-refractivity contribution is -0.483. The predicted octanol–water partition coefficient (Wildman–Crippen LogP) is 2.47. The zero-order chi connectivity index (χ0) is 23.9. The largest absolute Gasteiger partial charge is 0.394 e. The zero-order valence-electron chi connectivity index (χ0n) is 19.6. The Hall–Kier alpha value is -3.55. The quantitative estimate of drug-likeness (QED) is 0.525. The van der Waals surface area contributed by atoms with Crippen molar-refractivity contribution < 1.29 is 20.0 Å². The second-order valence-corrected chi connectivity index (χ2v) is 9.28. The summed E-state index contributed by atoms with van der Waals surface area (Å²) in [7, 11) is 0. The summed E-state index contributed by atoms with van der Waals surface area (Å²) < 4.78 is 1.85. The van der Waals surface area contributed by atoms with Crippen LogP contribution < -0.4 is 10.6 Å². The van der Waals surface area contributed by atoms with Crippen LogP contribution in [-0.4, -0.2) is 38.8 Å². The standard InChI is InChI=1S/C26H28N4O3/c1-15-6-9-18(10-7-15)22-19-13-20(25(33)28-26(4,5)14-31)24(32)27-23(19)29-30(22)21-11-8-16(2)12-17(21)3/h6-13,31H,14H2,1-5H3,(H,28,33)(H,27,29,32)/p+1. The molecule has 2 heterocycles. The number of aliphatic hydroxyl groups is 1. The molecule has 0 saturated carbocycles. The van der Waals surface area contributed by atoms with E-state index in [0.717, 1.165) is 33.6 Å². The Labute approximate surface area is 193 Å². The van der Waals surface area contributed by atoms with E-state index in [4.69, 9.17) is 5.10 Å². The number of hydrogen-bond donors (Lipinski definition) is 3. The van der Waals surface area contributed by atoms with Gasteiger partial charge in [0.1, 0.15) is 5.57 Å². The topological polar surface area (TPSA) is 101 Å². The van der Waals surface area contributed by atoms with Gasteiger partial charge in [0.25, 0.3) is 11.7 Å². The third-order valence-corrected chi connectivity index (χ3v) is 5.77. The van der Waals surface area contributed by atoms with E-state index in [1.165, 1.54) is 5.32 Å². The number of amides is 2. The minimum atomic E-state index is -0.846. The molecule has 2 aromatic carbocycles. The molecule has 0 fully saturated rings. The Kier molecular flexibility index (Phi) is 5.78. The fourth-order valence-electron chi connectivity index (χ4n) is 3.91. The molecule has 1 aromatic heterocycles. The second-order valence-electron chi connectivity index (χ2n) is 9.28. The summed E-state index contributed by atoms with van der Waals surface area (Å²) in [4.78, 5) is 25.7. The first-order chi connectivity index (χ1) is 15.6. The Morgan fingerprint density at radius 1 is 1.09 bits per heavy atom. The van der Waals surface area contributed by atoms with Crippen LogP contribution in [0.5, 0.6) is 0 Å². The number of primary amides is 1. The normalized spacial score (nSPS) is 13.5. The van der Waals surface area contributed by atoms with Crippen LogP contribution in [0.2, 0.25) is 0 Å². The van der Waals surface area contributed by atoms with E-state index >= 15 is 0 Å². The van der Waals surface area contributed by atoms with E-state index in [2.05, 4.69) is 11.4 Å². The van der Waals surface area contributed by atoms with Crippen LogP contribution in [0, 0.1) is 20.8 Å². The van der Waals surface area contributed by atoms with Crippen LogP contribution >= 0.6 is 0 Å². The number of rotatable bonds is 5. The summed E-state index contributed by atoms with van der Waals surface area (Å²) in [5, 5.41) is 18.4. The number of carbonyl (C=O) groups is 2. The van der Waals surface area contributed by atoms with Crippen LogP contribution in [0.15, 0.2) is 48.0 Å². The van der Waals surface area contributed by atoms with Gasteiger partial charge in [-0.1, -0.05) is 47.5 Å². The number of aryl methyl sites for hydroxylation is 3. The SMILES string of the molecule is Cc1ccc(-c2c3c(nn2-c2ccc(C)cc2C)[NH2+]C(=O)C(C(=O)NC(C)(C)CO)=C3)cc1. The second kappa shape index (κ2) is 8.42. The van der Waals surface area contributed by atoms with Crippen LogP contribution in [0.3, 0.4) is 0 Å². The molecule has 7 heteroatoms. The first-order valence-corrected chi connectivity index (χ1v) is 10.9. The van der Waals surface area contributed by atoms with Gasteiger partial charge in [0.2, 0.25) is 0 Å². The lowest BCUT2D eigenvalue weighted by atomic mass is 9.99. The minimum Gasteiger partial charge on any atom is -0.394 e. The minimum absolute atomic E-state index is 0.0255. The van der Waals surface area contributed by atoms with Crippen molar-refractivity contribution in [2.45, 2.75) is 40.2 Å². The van der Waals surface area contributed by atoms with Crippen LogP contribution in [0.4, 0.5) is 5.82 Å². The molecule has 170 valence electrons. The molecule has 1 aliphatic rings. The van der Waals surface area contributed by atoms with Gasteiger partial charge in [-0.05, 0) is 52.3 Å². The molecule has 33 heavy (non-hydrogen) atoms. The highest BCUT2D eigenvalue weighted by atomic mass is 16.3. The van der Waals surface area contributed by atoms with Crippen LogP contribution in [0.25, 0.3) is 23.0 Å². The summed E-state index contributed by atoms with van der Waals surface area (Å²) in [6, 6.07) is 14.2. The number of hydrogen-bond acceptors (Lipinski definition) is 4. The van der Waals surface area contributed by atoms with Crippen molar-refractivity contribution in [3.05, 3.63) is 70.3 Å².